The number of rotatable bonds is 3. The molecule has 1 N–H and O–H groups in total. The average Bonchev–Trinajstić information content (AvgIpc) is 3.27. The molecule has 30 heavy (non-hydrogen) atoms. The van der Waals surface area contributed by atoms with Crippen molar-refractivity contribution in [1.82, 2.24) is 5.32 Å². The van der Waals surface area contributed by atoms with Crippen LogP contribution in [-0.2, 0) is 0 Å². The quantitative estimate of drug-likeness (QED) is 0.593. The molecule has 0 bridgehead atoms. The van der Waals surface area contributed by atoms with Crippen LogP contribution in [-0.4, -0.2) is 12.6 Å². The van der Waals surface area contributed by atoms with E-state index in [0.717, 1.165) is 41.5 Å². The van der Waals surface area contributed by atoms with Gasteiger partial charge in [-0.05, 0) is 103 Å². The molecule has 6 rings (SSSR count). The summed E-state index contributed by atoms with van der Waals surface area (Å²) in [6.07, 6.45) is 8.52. The van der Waals surface area contributed by atoms with E-state index >= 15 is 0 Å². The third-order valence-electron chi connectivity index (χ3n) is 9.74. The summed E-state index contributed by atoms with van der Waals surface area (Å²) in [5.74, 6) is 6.21. The van der Waals surface area contributed by atoms with E-state index in [1.54, 1.807) is 11.1 Å². The highest BCUT2D eigenvalue weighted by molar-refractivity contribution is 5.78. The minimum absolute atomic E-state index is 0.602. The normalized spacial score (nSPS) is 37.3. The van der Waals surface area contributed by atoms with E-state index in [-0.39, 0.29) is 0 Å². The van der Waals surface area contributed by atoms with Gasteiger partial charge in [-0.2, -0.15) is 0 Å². The highest BCUT2D eigenvalue weighted by atomic mass is 14.9. The van der Waals surface area contributed by atoms with Gasteiger partial charge in [0.15, 0.2) is 0 Å². The third-order valence-corrected chi connectivity index (χ3v) is 9.74. The summed E-state index contributed by atoms with van der Waals surface area (Å²) in [7, 11) is 0. The van der Waals surface area contributed by atoms with Crippen LogP contribution in [0.15, 0.2) is 48.5 Å². The molecule has 1 saturated heterocycles. The summed E-state index contributed by atoms with van der Waals surface area (Å²) in [5.41, 5.74) is 6.12. The van der Waals surface area contributed by atoms with Gasteiger partial charge in [0.2, 0.25) is 0 Å². The topological polar surface area (TPSA) is 12.0 Å². The van der Waals surface area contributed by atoms with E-state index < -0.39 is 0 Å². The monoisotopic (exact) mass is 399 g/mol. The molecule has 4 aliphatic rings. The van der Waals surface area contributed by atoms with Crippen LogP contribution in [0.3, 0.4) is 0 Å². The first-order valence-corrected chi connectivity index (χ1v) is 12.6. The molecule has 0 spiro atoms. The zero-order chi connectivity index (χ0) is 20.2. The standard InChI is InChI=1S/C29H37N/c1-18-16-27-19(2)21-12-7-15-30-29(21)17-28(27)20(18)13-14-26-24-10-5-3-8-22(24)23-9-4-6-11-25(23)26/h3-6,8-11,18-21,26-30H,7,12-17H2,1-2H3. The van der Waals surface area contributed by atoms with Crippen molar-refractivity contribution >= 4 is 0 Å². The van der Waals surface area contributed by atoms with Crippen LogP contribution in [0.25, 0.3) is 11.1 Å². The Hall–Kier alpha value is -1.60. The summed E-state index contributed by atoms with van der Waals surface area (Å²) in [6.45, 7) is 6.42. The lowest BCUT2D eigenvalue weighted by atomic mass is 9.62. The van der Waals surface area contributed by atoms with E-state index in [1.807, 2.05) is 0 Å². The van der Waals surface area contributed by atoms with Crippen LogP contribution in [0.1, 0.15) is 69.4 Å². The predicted octanol–water partition coefficient (Wildman–Crippen LogP) is 6.88. The second-order valence-corrected chi connectivity index (χ2v) is 11.0. The fraction of sp³-hybridized carbons (Fsp3) is 0.586. The first-order valence-electron chi connectivity index (χ1n) is 12.6. The van der Waals surface area contributed by atoms with Gasteiger partial charge in [-0.1, -0.05) is 62.4 Å². The van der Waals surface area contributed by atoms with E-state index in [9.17, 15) is 0 Å². The molecule has 0 aromatic heterocycles. The fourth-order valence-corrected chi connectivity index (χ4v) is 8.38. The Kier molecular flexibility index (Phi) is 4.79. The van der Waals surface area contributed by atoms with Crippen molar-refractivity contribution in [3.8, 4) is 11.1 Å². The first-order chi connectivity index (χ1) is 14.7. The van der Waals surface area contributed by atoms with Gasteiger partial charge >= 0.3 is 0 Å². The average molecular weight is 400 g/mol. The van der Waals surface area contributed by atoms with Crippen molar-refractivity contribution in [3.05, 3.63) is 59.7 Å². The van der Waals surface area contributed by atoms with Crippen LogP contribution >= 0.6 is 0 Å². The SMILES string of the molecule is CC1CC2C(C)C3CCCNC3CC2C1CCC1c2ccccc2-c2ccccc21. The highest BCUT2D eigenvalue weighted by Crippen LogP contribution is 2.56. The Balaban J connectivity index is 1.23. The molecule has 1 heterocycles. The molecular formula is C29H37N. The summed E-state index contributed by atoms with van der Waals surface area (Å²) in [6, 6.07) is 19.1. The maximum atomic E-state index is 3.92. The van der Waals surface area contributed by atoms with Crippen molar-refractivity contribution in [3.63, 3.8) is 0 Å². The maximum Gasteiger partial charge on any atom is 0.0102 e. The minimum Gasteiger partial charge on any atom is -0.314 e. The molecule has 1 heteroatoms. The summed E-state index contributed by atoms with van der Waals surface area (Å²) in [4.78, 5) is 0. The highest BCUT2D eigenvalue weighted by Gasteiger charge is 2.50. The first kappa shape index (κ1) is 19.1. The van der Waals surface area contributed by atoms with Crippen LogP contribution in [0.5, 0.6) is 0 Å². The van der Waals surface area contributed by atoms with Gasteiger partial charge in [-0.15, -0.1) is 0 Å². The molecule has 2 aromatic carbocycles. The molecular weight excluding hydrogens is 362 g/mol. The smallest absolute Gasteiger partial charge is 0.0102 e. The minimum atomic E-state index is 0.602. The number of benzene rings is 2. The molecule has 3 aliphatic carbocycles. The van der Waals surface area contributed by atoms with Crippen molar-refractivity contribution in [2.24, 2.45) is 35.5 Å². The van der Waals surface area contributed by atoms with Gasteiger partial charge < -0.3 is 5.32 Å². The van der Waals surface area contributed by atoms with E-state index in [1.165, 1.54) is 56.2 Å². The van der Waals surface area contributed by atoms with Crippen LogP contribution in [0.4, 0.5) is 0 Å². The Morgan fingerprint density at radius 3 is 2.23 bits per heavy atom. The number of piperidine rings is 1. The zero-order valence-electron chi connectivity index (χ0n) is 18.7. The van der Waals surface area contributed by atoms with Crippen molar-refractivity contribution in [2.45, 2.75) is 64.3 Å². The van der Waals surface area contributed by atoms with Gasteiger partial charge in [0, 0.05) is 12.0 Å². The largest absolute Gasteiger partial charge is 0.314 e. The number of nitrogens with one attached hydrogen (secondary N) is 1. The lowest BCUT2D eigenvalue weighted by molar-refractivity contribution is 0.0467. The van der Waals surface area contributed by atoms with Crippen molar-refractivity contribution in [2.75, 3.05) is 6.54 Å². The van der Waals surface area contributed by atoms with Gasteiger partial charge in [0.25, 0.3) is 0 Å². The number of hydrogen-bond donors (Lipinski definition) is 1. The maximum absolute atomic E-state index is 3.92. The Morgan fingerprint density at radius 2 is 1.50 bits per heavy atom. The fourth-order valence-electron chi connectivity index (χ4n) is 8.38. The molecule has 3 fully saturated rings. The second-order valence-electron chi connectivity index (χ2n) is 11.0. The molecule has 0 radical (unpaired) electrons. The lowest BCUT2D eigenvalue weighted by Crippen LogP contribution is -2.51. The molecule has 7 unspecified atom stereocenters. The lowest BCUT2D eigenvalue weighted by Gasteiger charge is -2.48. The van der Waals surface area contributed by atoms with E-state index in [4.69, 9.17) is 0 Å². The van der Waals surface area contributed by atoms with Gasteiger partial charge in [0.05, 0.1) is 0 Å². The number of hydrogen-bond acceptors (Lipinski definition) is 1. The molecule has 2 aromatic rings. The van der Waals surface area contributed by atoms with Gasteiger partial charge in [-0.3, -0.25) is 0 Å². The molecule has 1 aliphatic heterocycles. The Morgan fingerprint density at radius 1 is 0.800 bits per heavy atom. The van der Waals surface area contributed by atoms with Gasteiger partial charge in [-0.25, -0.2) is 0 Å². The molecule has 2 saturated carbocycles. The van der Waals surface area contributed by atoms with Gasteiger partial charge in [0.1, 0.15) is 0 Å². The third kappa shape index (κ3) is 2.92. The van der Waals surface area contributed by atoms with E-state index in [2.05, 4.69) is 67.7 Å². The molecule has 158 valence electrons. The molecule has 0 amide bonds. The van der Waals surface area contributed by atoms with Crippen molar-refractivity contribution < 1.29 is 0 Å². The van der Waals surface area contributed by atoms with Crippen LogP contribution < -0.4 is 5.32 Å². The van der Waals surface area contributed by atoms with Crippen LogP contribution in [0, 0.1) is 35.5 Å². The van der Waals surface area contributed by atoms with Crippen LogP contribution in [0.2, 0.25) is 0 Å². The second kappa shape index (κ2) is 7.52. The molecule has 7 atom stereocenters. The van der Waals surface area contributed by atoms with Crippen molar-refractivity contribution in [1.29, 1.82) is 0 Å². The summed E-state index contributed by atoms with van der Waals surface area (Å²) >= 11 is 0. The Labute approximate surface area is 182 Å². The number of fused-ring (bicyclic) bond motifs is 5. The zero-order valence-corrected chi connectivity index (χ0v) is 18.7. The summed E-state index contributed by atoms with van der Waals surface area (Å²) in [5, 5.41) is 3.92. The predicted molar refractivity (Wildman–Crippen MR) is 126 cm³/mol. The molecule has 1 nitrogen and oxygen atoms in total. The summed E-state index contributed by atoms with van der Waals surface area (Å²) < 4.78 is 0. The van der Waals surface area contributed by atoms with E-state index in [0.29, 0.717) is 5.92 Å². The Bertz CT molecular complexity index is 871.